The van der Waals surface area contributed by atoms with E-state index in [-0.39, 0.29) is 5.88 Å². The van der Waals surface area contributed by atoms with Gasteiger partial charge in [-0.2, -0.15) is 5.26 Å². The van der Waals surface area contributed by atoms with Gasteiger partial charge in [-0.05, 0) is 12.1 Å². The van der Waals surface area contributed by atoms with Crippen molar-refractivity contribution < 1.29 is 5.11 Å². The maximum absolute atomic E-state index is 8.97. The zero-order valence-corrected chi connectivity index (χ0v) is 7.75. The zero-order chi connectivity index (χ0) is 10.7. The summed E-state index contributed by atoms with van der Waals surface area (Å²) < 4.78 is 0. The van der Waals surface area contributed by atoms with Crippen LogP contribution in [0.4, 0.5) is 0 Å². The Morgan fingerprint density at radius 2 is 1.80 bits per heavy atom. The minimum Gasteiger partial charge on any atom is -0.492 e. The molecule has 0 bridgehead atoms. The van der Waals surface area contributed by atoms with Crippen LogP contribution in [-0.2, 0) is 0 Å². The van der Waals surface area contributed by atoms with Gasteiger partial charge in [-0.25, -0.2) is 9.97 Å². The molecule has 2 aromatic rings. The lowest BCUT2D eigenvalue weighted by Crippen LogP contribution is -1.85. The first kappa shape index (κ1) is 9.16. The molecule has 4 heteroatoms. The Kier molecular flexibility index (Phi) is 2.30. The van der Waals surface area contributed by atoms with E-state index >= 15 is 0 Å². The fraction of sp³-hybridized carbons (Fsp3) is 0. The SMILES string of the molecule is N#Cc1ccc(-c2cnc(O)cn2)cc1. The summed E-state index contributed by atoms with van der Waals surface area (Å²) >= 11 is 0. The van der Waals surface area contributed by atoms with E-state index in [1.807, 2.05) is 6.07 Å². The van der Waals surface area contributed by atoms with E-state index in [4.69, 9.17) is 10.4 Å². The number of hydrogen-bond donors (Lipinski definition) is 1. The lowest BCUT2D eigenvalue weighted by Gasteiger charge is -1.99. The number of nitriles is 1. The minimum absolute atomic E-state index is 0.104. The third-order valence-corrected chi connectivity index (χ3v) is 1.95. The topological polar surface area (TPSA) is 69.8 Å². The number of aromatic hydroxyl groups is 1. The average molecular weight is 197 g/mol. The van der Waals surface area contributed by atoms with E-state index in [9.17, 15) is 0 Å². The Morgan fingerprint density at radius 3 is 2.33 bits per heavy atom. The smallest absolute Gasteiger partial charge is 0.229 e. The molecule has 1 heterocycles. The number of nitrogens with zero attached hydrogens (tertiary/aromatic N) is 3. The van der Waals surface area contributed by atoms with Gasteiger partial charge in [0.2, 0.25) is 5.88 Å². The molecule has 2 rings (SSSR count). The Labute approximate surface area is 86.5 Å². The van der Waals surface area contributed by atoms with Crippen LogP contribution in [0.5, 0.6) is 5.88 Å². The Balaban J connectivity index is 2.38. The van der Waals surface area contributed by atoms with Gasteiger partial charge < -0.3 is 5.11 Å². The van der Waals surface area contributed by atoms with Crippen LogP contribution in [0.25, 0.3) is 11.3 Å². The molecule has 1 N–H and O–H groups in total. The van der Waals surface area contributed by atoms with Gasteiger partial charge in [-0.3, -0.25) is 0 Å². The molecule has 0 aliphatic carbocycles. The number of rotatable bonds is 1. The second-order valence-electron chi connectivity index (χ2n) is 2.95. The van der Waals surface area contributed by atoms with Gasteiger partial charge in [0.1, 0.15) is 0 Å². The van der Waals surface area contributed by atoms with E-state index in [2.05, 4.69) is 9.97 Å². The highest BCUT2D eigenvalue weighted by atomic mass is 16.3. The third-order valence-electron chi connectivity index (χ3n) is 1.95. The number of benzene rings is 1. The lowest BCUT2D eigenvalue weighted by atomic mass is 10.1. The van der Waals surface area contributed by atoms with E-state index in [0.29, 0.717) is 11.3 Å². The Bertz CT molecular complexity index is 497. The van der Waals surface area contributed by atoms with E-state index < -0.39 is 0 Å². The third kappa shape index (κ3) is 1.92. The first-order chi connectivity index (χ1) is 7.29. The second-order valence-corrected chi connectivity index (χ2v) is 2.95. The molecule has 0 atom stereocenters. The normalized spacial score (nSPS) is 9.53. The van der Waals surface area contributed by atoms with E-state index in [1.165, 1.54) is 12.4 Å². The van der Waals surface area contributed by atoms with Crippen molar-refractivity contribution >= 4 is 0 Å². The molecule has 0 fully saturated rings. The number of hydrogen-bond acceptors (Lipinski definition) is 4. The molecule has 1 aromatic carbocycles. The summed E-state index contributed by atoms with van der Waals surface area (Å²) in [5.74, 6) is -0.104. The van der Waals surface area contributed by atoms with Crippen LogP contribution in [0.1, 0.15) is 5.56 Å². The molecule has 1 aromatic heterocycles. The van der Waals surface area contributed by atoms with Crippen LogP contribution in [0.2, 0.25) is 0 Å². The van der Waals surface area contributed by atoms with Crippen molar-refractivity contribution in [2.24, 2.45) is 0 Å². The highest BCUT2D eigenvalue weighted by molar-refractivity contribution is 5.59. The van der Waals surface area contributed by atoms with Crippen molar-refractivity contribution in [3.05, 3.63) is 42.2 Å². The highest BCUT2D eigenvalue weighted by Gasteiger charge is 1.99. The molecule has 0 saturated carbocycles. The molecule has 0 saturated heterocycles. The molecule has 0 aliphatic heterocycles. The summed E-state index contributed by atoms with van der Waals surface area (Å²) in [6.45, 7) is 0. The van der Waals surface area contributed by atoms with Crippen LogP contribution in [0.3, 0.4) is 0 Å². The molecule has 15 heavy (non-hydrogen) atoms. The molecule has 72 valence electrons. The standard InChI is InChI=1S/C11H7N3O/c12-5-8-1-3-9(4-2-8)10-6-14-11(15)7-13-10/h1-4,6-7H,(H,14,15). The van der Waals surface area contributed by atoms with Crippen LogP contribution >= 0.6 is 0 Å². The Hall–Kier alpha value is -2.41. The maximum atomic E-state index is 8.97. The van der Waals surface area contributed by atoms with Crippen molar-refractivity contribution in [2.75, 3.05) is 0 Å². The summed E-state index contributed by atoms with van der Waals surface area (Å²) in [5.41, 5.74) is 2.13. The summed E-state index contributed by atoms with van der Waals surface area (Å²) in [6, 6.07) is 9.05. The van der Waals surface area contributed by atoms with Crippen molar-refractivity contribution in [3.8, 4) is 23.2 Å². The van der Waals surface area contributed by atoms with E-state index in [1.54, 1.807) is 24.3 Å². The first-order valence-electron chi connectivity index (χ1n) is 4.31. The highest BCUT2D eigenvalue weighted by Crippen LogP contribution is 2.17. The van der Waals surface area contributed by atoms with Crippen molar-refractivity contribution in [1.29, 1.82) is 5.26 Å². The fourth-order valence-electron chi connectivity index (χ4n) is 1.19. The zero-order valence-electron chi connectivity index (χ0n) is 7.75. The summed E-state index contributed by atoms with van der Waals surface area (Å²) in [4.78, 5) is 7.73. The molecular weight excluding hydrogens is 190 g/mol. The van der Waals surface area contributed by atoms with Crippen LogP contribution < -0.4 is 0 Å². The predicted octanol–water partition coefficient (Wildman–Crippen LogP) is 1.72. The van der Waals surface area contributed by atoms with Gasteiger partial charge in [0.25, 0.3) is 0 Å². The summed E-state index contributed by atoms with van der Waals surface area (Å²) in [5, 5.41) is 17.6. The van der Waals surface area contributed by atoms with Crippen LogP contribution in [0.15, 0.2) is 36.7 Å². The summed E-state index contributed by atoms with van der Waals surface area (Å²) in [6.07, 6.45) is 2.77. The number of aromatic nitrogens is 2. The van der Waals surface area contributed by atoms with Crippen molar-refractivity contribution in [2.45, 2.75) is 0 Å². The maximum Gasteiger partial charge on any atom is 0.229 e. The molecular formula is C11H7N3O. The van der Waals surface area contributed by atoms with E-state index in [0.717, 1.165) is 5.56 Å². The minimum atomic E-state index is -0.104. The lowest BCUT2D eigenvalue weighted by molar-refractivity contribution is 0.450. The molecule has 0 spiro atoms. The van der Waals surface area contributed by atoms with Crippen LogP contribution in [0, 0.1) is 11.3 Å². The van der Waals surface area contributed by atoms with Gasteiger partial charge in [0.05, 0.1) is 29.7 Å². The molecule has 0 amide bonds. The Morgan fingerprint density at radius 1 is 1.07 bits per heavy atom. The molecule has 0 radical (unpaired) electrons. The van der Waals surface area contributed by atoms with Gasteiger partial charge in [0, 0.05) is 5.56 Å². The van der Waals surface area contributed by atoms with Gasteiger partial charge >= 0.3 is 0 Å². The van der Waals surface area contributed by atoms with Gasteiger partial charge in [0.15, 0.2) is 0 Å². The quantitative estimate of drug-likeness (QED) is 0.755. The molecule has 0 unspecified atom stereocenters. The summed E-state index contributed by atoms with van der Waals surface area (Å²) in [7, 11) is 0. The van der Waals surface area contributed by atoms with Gasteiger partial charge in [-0.1, -0.05) is 12.1 Å². The second kappa shape index (κ2) is 3.76. The van der Waals surface area contributed by atoms with Crippen molar-refractivity contribution in [3.63, 3.8) is 0 Å². The predicted molar refractivity (Wildman–Crippen MR) is 53.8 cm³/mol. The fourth-order valence-corrected chi connectivity index (χ4v) is 1.19. The monoisotopic (exact) mass is 197 g/mol. The average Bonchev–Trinajstić information content (AvgIpc) is 2.30. The van der Waals surface area contributed by atoms with Gasteiger partial charge in [-0.15, -0.1) is 0 Å². The molecule has 0 aliphatic rings. The van der Waals surface area contributed by atoms with Crippen LogP contribution in [-0.4, -0.2) is 15.1 Å². The largest absolute Gasteiger partial charge is 0.492 e. The first-order valence-corrected chi connectivity index (χ1v) is 4.31. The van der Waals surface area contributed by atoms with Crippen molar-refractivity contribution in [1.82, 2.24) is 9.97 Å². The molecule has 4 nitrogen and oxygen atoms in total.